The Morgan fingerprint density at radius 1 is 1.10 bits per heavy atom. The molecule has 0 amide bonds. The van der Waals surface area contributed by atoms with Gasteiger partial charge in [0.05, 0.1) is 18.0 Å². The second-order valence-corrected chi connectivity index (χ2v) is 4.83. The molecule has 0 aliphatic rings. The van der Waals surface area contributed by atoms with Crippen molar-refractivity contribution >= 4 is 22.3 Å². The summed E-state index contributed by atoms with van der Waals surface area (Å²) < 4.78 is 14.0. The van der Waals surface area contributed by atoms with E-state index in [4.69, 9.17) is 0 Å². The quantitative estimate of drug-likeness (QED) is 0.797. The molecule has 0 saturated heterocycles. The van der Waals surface area contributed by atoms with Gasteiger partial charge in [0.25, 0.3) is 0 Å². The van der Waals surface area contributed by atoms with Crippen molar-refractivity contribution in [3.05, 3.63) is 66.1 Å². The molecule has 0 bridgehead atoms. The molecule has 3 nitrogen and oxygen atoms in total. The van der Waals surface area contributed by atoms with Gasteiger partial charge in [-0.1, -0.05) is 36.4 Å². The van der Waals surface area contributed by atoms with Gasteiger partial charge < -0.3 is 10.0 Å². The number of fused-ring (bicyclic) bond motifs is 1. The number of aliphatic hydroxyl groups is 1. The lowest BCUT2D eigenvalue weighted by molar-refractivity contribution is 0.277. The van der Waals surface area contributed by atoms with Crippen molar-refractivity contribution in [3.63, 3.8) is 0 Å². The smallest absolute Gasteiger partial charge is 0.146 e. The summed E-state index contributed by atoms with van der Waals surface area (Å²) >= 11 is 0. The third kappa shape index (κ3) is 2.45. The molecule has 1 aromatic heterocycles. The standard InChI is InChI=1S/C17H15FN2O/c1-20(16-9-5-4-8-15(16)18)17-14-7-3-2-6-12(14)10-13(11-21)19-17/h2-10,21H,11H2,1H3. The molecule has 21 heavy (non-hydrogen) atoms. The van der Waals surface area contributed by atoms with E-state index >= 15 is 0 Å². The van der Waals surface area contributed by atoms with Crippen LogP contribution in [-0.4, -0.2) is 17.1 Å². The van der Waals surface area contributed by atoms with Crippen LogP contribution in [0.1, 0.15) is 5.69 Å². The molecule has 3 aromatic rings. The molecule has 3 rings (SSSR count). The fourth-order valence-corrected chi connectivity index (χ4v) is 2.41. The highest BCUT2D eigenvalue weighted by Crippen LogP contribution is 2.31. The maximum atomic E-state index is 14.0. The van der Waals surface area contributed by atoms with Gasteiger partial charge >= 0.3 is 0 Å². The predicted molar refractivity (Wildman–Crippen MR) is 82.1 cm³/mol. The summed E-state index contributed by atoms with van der Waals surface area (Å²) in [7, 11) is 1.77. The van der Waals surface area contributed by atoms with Gasteiger partial charge in [-0.2, -0.15) is 0 Å². The lowest BCUT2D eigenvalue weighted by Crippen LogP contribution is -2.14. The molecule has 4 heteroatoms. The number of pyridine rings is 1. The van der Waals surface area contributed by atoms with Gasteiger partial charge in [-0.15, -0.1) is 0 Å². The van der Waals surface area contributed by atoms with Crippen molar-refractivity contribution in [2.75, 3.05) is 11.9 Å². The molecule has 1 heterocycles. The number of rotatable bonds is 3. The van der Waals surface area contributed by atoms with Crippen molar-refractivity contribution in [2.45, 2.75) is 6.61 Å². The number of nitrogens with zero attached hydrogens (tertiary/aromatic N) is 2. The Morgan fingerprint density at radius 2 is 1.81 bits per heavy atom. The second-order valence-electron chi connectivity index (χ2n) is 4.83. The van der Waals surface area contributed by atoms with Crippen LogP contribution in [0.25, 0.3) is 10.8 Å². The van der Waals surface area contributed by atoms with Crippen molar-refractivity contribution in [1.82, 2.24) is 4.98 Å². The third-order valence-corrected chi connectivity index (χ3v) is 3.47. The Kier molecular flexibility index (Phi) is 3.54. The van der Waals surface area contributed by atoms with Crippen LogP contribution in [0.2, 0.25) is 0 Å². The first kappa shape index (κ1) is 13.5. The highest BCUT2D eigenvalue weighted by molar-refractivity contribution is 5.94. The summed E-state index contributed by atoms with van der Waals surface area (Å²) in [5.41, 5.74) is 1.01. The van der Waals surface area contributed by atoms with E-state index in [1.807, 2.05) is 30.3 Å². The average molecular weight is 282 g/mol. The number of aliphatic hydroxyl groups excluding tert-OH is 1. The minimum atomic E-state index is -0.305. The zero-order valence-corrected chi connectivity index (χ0v) is 11.6. The van der Waals surface area contributed by atoms with E-state index in [2.05, 4.69) is 4.98 Å². The number of benzene rings is 2. The van der Waals surface area contributed by atoms with Crippen LogP contribution in [-0.2, 0) is 6.61 Å². The molecule has 0 radical (unpaired) electrons. The molecule has 0 unspecified atom stereocenters. The van der Waals surface area contributed by atoms with Crippen molar-refractivity contribution in [3.8, 4) is 0 Å². The van der Waals surface area contributed by atoms with Crippen molar-refractivity contribution < 1.29 is 9.50 Å². The Morgan fingerprint density at radius 3 is 2.57 bits per heavy atom. The minimum absolute atomic E-state index is 0.150. The molecular weight excluding hydrogens is 267 g/mol. The number of hydrogen-bond donors (Lipinski definition) is 1. The van der Waals surface area contributed by atoms with Crippen LogP contribution in [0.4, 0.5) is 15.9 Å². The van der Waals surface area contributed by atoms with E-state index in [1.54, 1.807) is 30.1 Å². The van der Waals surface area contributed by atoms with Gasteiger partial charge in [-0.3, -0.25) is 0 Å². The predicted octanol–water partition coefficient (Wildman–Crippen LogP) is 3.63. The summed E-state index contributed by atoms with van der Waals surface area (Å²) in [5, 5.41) is 11.3. The van der Waals surface area contributed by atoms with Crippen molar-refractivity contribution in [1.29, 1.82) is 0 Å². The number of anilines is 2. The highest BCUT2D eigenvalue weighted by Gasteiger charge is 2.14. The monoisotopic (exact) mass is 282 g/mol. The summed E-state index contributed by atoms with van der Waals surface area (Å²) in [6, 6.07) is 16.1. The van der Waals surface area contributed by atoms with Crippen LogP contribution < -0.4 is 4.90 Å². The maximum absolute atomic E-state index is 14.0. The molecule has 0 spiro atoms. The summed E-state index contributed by atoms with van der Waals surface area (Å²) in [5.74, 6) is 0.322. The van der Waals surface area contributed by atoms with Gasteiger partial charge in [0.15, 0.2) is 0 Å². The fraction of sp³-hybridized carbons (Fsp3) is 0.118. The zero-order chi connectivity index (χ0) is 14.8. The van der Waals surface area contributed by atoms with E-state index in [1.165, 1.54) is 6.07 Å². The number of para-hydroxylation sites is 1. The van der Waals surface area contributed by atoms with Crippen LogP contribution in [0.5, 0.6) is 0 Å². The largest absolute Gasteiger partial charge is 0.390 e. The highest BCUT2D eigenvalue weighted by atomic mass is 19.1. The van der Waals surface area contributed by atoms with E-state index < -0.39 is 0 Å². The molecule has 2 aromatic carbocycles. The molecule has 106 valence electrons. The van der Waals surface area contributed by atoms with E-state index in [-0.39, 0.29) is 12.4 Å². The van der Waals surface area contributed by atoms with Gasteiger partial charge in [-0.05, 0) is 23.6 Å². The Bertz CT molecular complexity index is 789. The summed E-state index contributed by atoms with van der Waals surface area (Å²) in [6.07, 6.45) is 0. The first-order valence-electron chi connectivity index (χ1n) is 6.68. The average Bonchev–Trinajstić information content (AvgIpc) is 2.53. The normalized spacial score (nSPS) is 10.8. The number of aromatic nitrogens is 1. The SMILES string of the molecule is CN(c1ccccc1F)c1nc(CO)cc2ccccc12. The van der Waals surface area contributed by atoms with Crippen LogP contribution >= 0.6 is 0 Å². The van der Waals surface area contributed by atoms with Gasteiger partial charge in [-0.25, -0.2) is 9.37 Å². The fourth-order valence-electron chi connectivity index (χ4n) is 2.41. The first-order chi connectivity index (χ1) is 10.2. The van der Waals surface area contributed by atoms with Gasteiger partial charge in [0, 0.05) is 12.4 Å². The Hall–Kier alpha value is -2.46. The Balaban J connectivity index is 2.21. The first-order valence-corrected chi connectivity index (χ1v) is 6.68. The third-order valence-electron chi connectivity index (χ3n) is 3.47. The molecule has 0 aliphatic carbocycles. The number of hydrogen-bond acceptors (Lipinski definition) is 3. The van der Waals surface area contributed by atoms with Gasteiger partial charge in [0.1, 0.15) is 11.6 Å². The topological polar surface area (TPSA) is 36.4 Å². The van der Waals surface area contributed by atoms with E-state index in [0.29, 0.717) is 17.2 Å². The maximum Gasteiger partial charge on any atom is 0.146 e. The van der Waals surface area contributed by atoms with Crippen LogP contribution in [0, 0.1) is 5.82 Å². The molecule has 0 saturated carbocycles. The Labute approximate surface area is 122 Å². The minimum Gasteiger partial charge on any atom is -0.390 e. The van der Waals surface area contributed by atoms with Crippen molar-refractivity contribution in [2.24, 2.45) is 0 Å². The summed E-state index contributed by atoms with van der Waals surface area (Å²) in [4.78, 5) is 6.15. The van der Waals surface area contributed by atoms with E-state index in [0.717, 1.165) is 10.8 Å². The lowest BCUT2D eigenvalue weighted by Gasteiger charge is -2.21. The van der Waals surface area contributed by atoms with Gasteiger partial charge in [0.2, 0.25) is 0 Å². The summed E-state index contributed by atoms with van der Waals surface area (Å²) in [6.45, 7) is -0.150. The van der Waals surface area contributed by atoms with Crippen LogP contribution in [0.3, 0.4) is 0 Å². The second kappa shape index (κ2) is 5.50. The van der Waals surface area contributed by atoms with Crippen LogP contribution in [0.15, 0.2) is 54.6 Å². The van der Waals surface area contributed by atoms with E-state index in [9.17, 15) is 9.50 Å². The number of halogens is 1. The molecule has 0 atom stereocenters. The molecular formula is C17H15FN2O. The molecule has 0 fully saturated rings. The lowest BCUT2D eigenvalue weighted by atomic mass is 10.1. The molecule has 0 aliphatic heterocycles. The zero-order valence-electron chi connectivity index (χ0n) is 11.6. The molecule has 1 N–H and O–H groups in total.